The second kappa shape index (κ2) is 7.59. The quantitative estimate of drug-likeness (QED) is 0.902. The van der Waals surface area contributed by atoms with Gasteiger partial charge in [-0.2, -0.15) is 8.78 Å². The molecule has 0 aliphatic carbocycles. The number of amides is 1. The van der Waals surface area contributed by atoms with Crippen LogP contribution >= 0.6 is 0 Å². The van der Waals surface area contributed by atoms with Gasteiger partial charge in [0.25, 0.3) is 5.91 Å². The molecule has 128 valence electrons. The molecule has 1 heterocycles. The van der Waals surface area contributed by atoms with Crippen LogP contribution in [0, 0.1) is 0 Å². The number of ether oxygens (including phenoxy) is 2. The van der Waals surface area contributed by atoms with Crippen molar-refractivity contribution >= 4 is 5.91 Å². The highest BCUT2D eigenvalue weighted by Crippen LogP contribution is 2.31. The first-order valence-electron chi connectivity index (χ1n) is 7.63. The topological polar surface area (TPSA) is 64.8 Å². The van der Waals surface area contributed by atoms with Gasteiger partial charge in [0.2, 0.25) is 0 Å². The first kappa shape index (κ1) is 17.5. The Labute approximate surface area is 134 Å². The van der Waals surface area contributed by atoms with Gasteiger partial charge in [-0.25, -0.2) is 0 Å². The van der Waals surface area contributed by atoms with Crippen LogP contribution in [0.15, 0.2) is 18.2 Å². The van der Waals surface area contributed by atoms with Gasteiger partial charge in [-0.05, 0) is 44.4 Å². The lowest BCUT2D eigenvalue weighted by atomic mass is 9.96. The number of piperidine rings is 1. The van der Waals surface area contributed by atoms with Gasteiger partial charge < -0.3 is 20.1 Å². The molecule has 1 aromatic rings. The van der Waals surface area contributed by atoms with E-state index in [9.17, 15) is 13.6 Å². The number of hydrogen-bond donors (Lipinski definition) is 1. The Morgan fingerprint density at radius 3 is 2.70 bits per heavy atom. The van der Waals surface area contributed by atoms with Crippen LogP contribution in [-0.2, 0) is 0 Å². The van der Waals surface area contributed by atoms with Gasteiger partial charge in [0.15, 0.2) is 11.5 Å². The molecule has 2 unspecified atom stereocenters. The van der Waals surface area contributed by atoms with Crippen molar-refractivity contribution in [3.05, 3.63) is 23.8 Å². The largest absolute Gasteiger partial charge is 0.493 e. The lowest BCUT2D eigenvalue weighted by Gasteiger charge is -2.38. The lowest BCUT2D eigenvalue weighted by Crippen LogP contribution is -2.51. The third kappa shape index (κ3) is 4.10. The molecule has 2 rings (SSSR count). The van der Waals surface area contributed by atoms with Crippen LogP contribution in [-0.4, -0.2) is 43.2 Å². The maximum Gasteiger partial charge on any atom is 0.387 e. The minimum Gasteiger partial charge on any atom is -0.493 e. The summed E-state index contributed by atoms with van der Waals surface area (Å²) >= 11 is 0. The van der Waals surface area contributed by atoms with E-state index in [2.05, 4.69) is 4.74 Å². The number of rotatable bonds is 5. The van der Waals surface area contributed by atoms with E-state index < -0.39 is 6.61 Å². The van der Waals surface area contributed by atoms with Gasteiger partial charge >= 0.3 is 6.61 Å². The zero-order valence-corrected chi connectivity index (χ0v) is 13.3. The Morgan fingerprint density at radius 1 is 1.35 bits per heavy atom. The fraction of sp³-hybridized carbons (Fsp3) is 0.562. The fourth-order valence-corrected chi connectivity index (χ4v) is 2.92. The normalized spacial score (nSPS) is 19.6. The van der Waals surface area contributed by atoms with Crippen molar-refractivity contribution in [2.45, 2.75) is 44.9 Å². The van der Waals surface area contributed by atoms with Gasteiger partial charge in [0, 0.05) is 24.2 Å². The van der Waals surface area contributed by atoms with E-state index in [1.165, 1.54) is 19.2 Å². The predicted molar refractivity (Wildman–Crippen MR) is 82.0 cm³/mol. The Morgan fingerprint density at radius 2 is 2.09 bits per heavy atom. The first-order valence-corrected chi connectivity index (χ1v) is 7.63. The van der Waals surface area contributed by atoms with Crippen molar-refractivity contribution in [2.24, 2.45) is 5.73 Å². The molecule has 1 aliphatic rings. The highest BCUT2D eigenvalue weighted by molar-refractivity contribution is 5.95. The van der Waals surface area contributed by atoms with Crippen LogP contribution in [0.2, 0.25) is 0 Å². The molecule has 0 saturated carbocycles. The van der Waals surface area contributed by atoms with E-state index in [0.29, 0.717) is 6.54 Å². The fourth-order valence-electron chi connectivity index (χ4n) is 2.92. The van der Waals surface area contributed by atoms with Crippen LogP contribution in [0.25, 0.3) is 0 Å². The number of halogens is 2. The van der Waals surface area contributed by atoms with Crippen LogP contribution in [0.1, 0.15) is 36.5 Å². The summed E-state index contributed by atoms with van der Waals surface area (Å²) in [7, 11) is 1.35. The van der Waals surface area contributed by atoms with Gasteiger partial charge in [-0.15, -0.1) is 0 Å². The third-order valence-electron chi connectivity index (χ3n) is 4.04. The maximum absolute atomic E-state index is 12.7. The van der Waals surface area contributed by atoms with Gasteiger partial charge in [0.1, 0.15) is 0 Å². The van der Waals surface area contributed by atoms with Crippen molar-refractivity contribution in [2.75, 3.05) is 13.7 Å². The Bertz CT molecular complexity index is 552. The standard InChI is InChI=1S/C16H22F2N2O3/c1-10(19)12-5-3-4-8-20(12)15(21)11-6-7-13(22-2)14(9-11)23-16(17)18/h6-7,9-10,12,16H,3-5,8,19H2,1-2H3. The number of carbonyl (C=O) groups is 1. The predicted octanol–water partition coefficient (Wildman–Crippen LogP) is 2.64. The minimum absolute atomic E-state index is 0.0437. The summed E-state index contributed by atoms with van der Waals surface area (Å²) < 4.78 is 34.4. The van der Waals surface area contributed by atoms with Crippen LogP contribution in [0.4, 0.5) is 8.78 Å². The van der Waals surface area contributed by atoms with Crippen molar-refractivity contribution < 1.29 is 23.0 Å². The van der Waals surface area contributed by atoms with E-state index >= 15 is 0 Å². The molecule has 23 heavy (non-hydrogen) atoms. The average Bonchev–Trinajstić information content (AvgIpc) is 2.53. The molecule has 1 saturated heterocycles. The molecule has 1 aliphatic heterocycles. The number of hydrogen-bond acceptors (Lipinski definition) is 4. The summed E-state index contributed by atoms with van der Waals surface area (Å²) in [5.74, 6) is -0.222. The molecule has 5 nitrogen and oxygen atoms in total. The molecular weight excluding hydrogens is 306 g/mol. The molecular formula is C16H22F2N2O3. The van der Waals surface area contributed by atoms with Crippen molar-refractivity contribution in [1.29, 1.82) is 0 Å². The zero-order chi connectivity index (χ0) is 17.0. The monoisotopic (exact) mass is 328 g/mol. The van der Waals surface area contributed by atoms with Gasteiger partial charge in [0.05, 0.1) is 7.11 Å². The van der Waals surface area contributed by atoms with Gasteiger partial charge in [-0.3, -0.25) is 4.79 Å². The summed E-state index contributed by atoms with van der Waals surface area (Å²) in [6, 6.07) is 4.11. The minimum atomic E-state index is -2.99. The van der Waals surface area contributed by atoms with Crippen molar-refractivity contribution in [1.82, 2.24) is 4.90 Å². The summed E-state index contributed by atoms with van der Waals surface area (Å²) in [5.41, 5.74) is 6.26. The lowest BCUT2D eigenvalue weighted by molar-refractivity contribution is -0.0512. The van der Waals surface area contributed by atoms with Crippen LogP contribution < -0.4 is 15.2 Å². The molecule has 7 heteroatoms. The highest BCUT2D eigenvalue weighted by atomic mass is 19.3. The van der Waals surface area contributed by atoms with E-state index in [4.69, 9.17) is 10.5 Å². The summed E-state index contributed by atoms with van der Waals surface area (Å²) in [6.07, 6.45) is 2.78. The van der Waals surface area contributed by atoms with E-state index in [1.807, 2.05) is 6.92 Å². The molecule has 2 N–H and O–H groups in total. The van der Waals surface area contributed by atoms with E-state index in [-0.39, 0.29) is 35.1 Å². The van der Waals surface area contributed by atoms with Gasteiger partial charge in [-0.1, -0.05) is 0 Å². The number of alkyl halides is 2. The zero-order valence-electron chi connectivity index (χ0n) is 13.3. The summed E-state index contributed by atoms with van der Waals surface area (Å²) in [6.45, 7) is -0.501. The smallest absolute Gasteiger partial charge is 0.387 e. The number of likely N-dealkylation sites (tertiary alicyclic amines) is 1. The molecule has 0 aromatic heterocycles. The number of nitrogens with two attached hydrogens (primary N) is 1. The van der Waals surface area contributed by atoms with E-state index in [1.54, 1.807) is 11.0 Å². The Kier molecular flexibility index (Phi) is 5.76. The second-order valence-electron chi connectivity index (χ2n) is 5.66. The molecule has 0 spiro atoms. The molecule has 1 fully saturated rings. The van der Waals surface area contributed by atoms with Crippen molar-refractivity contribution in [3.63, 3.8) is 0 Å². The number of methoxy groups -OCH3 is 1. The molecule has 2 atom stereocenters. The molecule has 0 bridgehead atoms. The number of carbonyl (C=O) groups excluding carboxylic acids is 1. The maximum atomic E-state index is 12.7. The molecule has 0 radical (unpaired) electrons. The SMILES string of the molecule is COc1ccc(C(=O)N2CCCCC2C(C)N)cc1OC(F)F. The van der Waals surface area contributed by atoms with Crippen LogP contribution in [0.3, 0.4) is 0 Å². The Balaban J connectivity index is 2.27. The second-order valence-corrected chi connectivity index (χ2v) is 5.66. The van der Waals surface area contributed by atoms with Crippen LogP contribution in [0.5, 0.6) is 11.5 Å². The Hall–Kier alpha value is -1.89. The highest BCUT2D eigenvalue weighted by Gasteiger charge is 2.30. The first-order chi connectivity index (χ1) is 10.9. The van der Waals surface area contributed by atoms with Crippen molar-refractivity contribution in [3.8, 4) is 11.5 Å². The molecule has 1 aromatic carbocycles. The summed E-state index contributed by atoms with van der Waals surface area (Å²) in [5, 5.41) is 0. The third-order valence-corrected chi connectivity index (χ3v) is 4.04. The average molecular weight is 328 g/mol. The summed E-state index contributed by atoms with van der Waals surface area (Å²) in [4.78, 5) is 14.5. The molecule has 1 amide bonds. The number of benzene rings is 1. The number of nitrogens with zero attached hydrogens (tertiary/aromatic N) is 1. The van der Waals surface area contributed by atoms with E-state index in [0.717, 1.165) is 19.3 Å².